The molecule has 0 fully saturated rings. The summed E-state index contributed by atoms with van der Waals surface area (Å²) in [6.07, 6.45) is 4.12. The third-order valence-electron chi connectivity index (χ3n) is 3.74. The van der Waals surface area contributed by atoms with Crippen molar-refractivity contribution in [1.82, 2.24) is 4.90 Å². The van der Waals surface area contributed by atoms with Gasteiger partial charge in [0.2, 0.25) is 0 Å². The fourth-order valence-electron chi connectivity index (χ4n) is 2.31. The smallest absolute Gasteiger partial charge is 0.331 e. The van der Waals surface area contributed by atoms with Crippen LogP contribution in [0.4, 0.5) is 5.69 Å². The Morgan fingerprint density at radius 1 is 1.11 bits per heavy atom. The second-order valence-corrected chi connectivity index (χ2v) is 5.56. The lowest BCUT2D eigenvalue weighted by Gasteiger charge is -2.18. The van der Waals surface area contributed by atoms with Crippen LogP contribution in [0.3, 0.4) is 0 Å². The highest BCUT2D eigenvalue weighted by molar-refractivity contribution is 5.96. The molecule has 27 heavy (non-hydrogen) atoms. The van der Waals surface area contributed by atoms with Crippen LogP contribution in [-0.4, -0.2) is 42.4 Å². The molecule has 2 aromatic rings. The number of hydrogen-bond donors (Lipinski definition) is 1. The highest BCUT2D eigenvalue weighted by atomic mass is 16.5. The van der Waals surface area contributed by atoms with Crippen LogP contribution in [0.5, 0.6) is 0 Å². The summed E-state index contributed by atoms with van der Waals surface area (Å²) >= 11 is 0. The molecular weight excluding hydrogens is 348 g/mol. The predicted molar refractivity (Wildman–Crippen MR) is 101 cm³/mol. The summed E-state index contributed by atoms with van der Waals surface area (Å²) in [7, 11) is 0. The van der Waals surface area contributed by atoms with E-state index >= 15 is 0 Å². The van der Waals surface area contributed by atoms with Gasteiger partial charge in [0.15, 0.2) is 6.61 Å². The largest absolute Gasteiger partial charge is 0.465 e. The Morgan fingerprint density at radius 2 is 1.81 bits per heavy atom. The molecule has 0 saturated heterocycles. The van der Waals surface area contributed by atoms with Crippen molar-refractivity contribution in [2.45, 2.75) is 13.8 Å². The van der Waals surface area contributed by atoms with Crippen LogP contribution in [0.2, 0.25) is 0 Å². The highest BCUT2D eigenvalue weighted by Crippen LogP contribution is 2.12. The Bertz CT molecular complexity index is 790. The van der Waals surface area contributed by atoms with Gasteiger partial charge in [0.1, 0.15) is 5.76 Å². The molecule has 0 aliphatic carbocycles. The maximum absolute atomic E-state index is 12.2. The van der Waals surface area contributed by atoms with Crippen LogP contribution in [0.15, 0.2) is 53.2 Å². The third kappa shape index (κ3) is 6.14. The second-order valence-electron chi connectivity index (χ2n) is 5.56. The van der Waals surface area contributed by atoms with Gasteiger partial charge in [-0.05, 0) is 56.3 Å². The summed E-state index contributed by atoms with van der Waals surface area (Å²) in [4.78, 5) is 37.4. The number of benzene rings is 1. The Balaban J connectivity index is 1.81. The molecule has 2 amide bonds. The summed E-state index contributed by atoms with van der Waals surface area (Å²) in [5.41, 5.74) is 1.06. The number of esters is 1. The van der Waals surface area contributed by atoms with E-state index in [1.54, 1.807) is 41.3 Å². The molecule has 1 aromatic carbocycles. The fraction of sp³-hybridized carbons (Fsp3) is 0.250. The quantitative estimate of drug-likeness (QED) is 0.570. The summed E-state index contributed by atoms with van der Waals surface area (Å²) in [5, 5.41) is 2.61. The van der Waals surface area contributed by atoms with E-state index in [4.69, 9.17) is 9.15 Å². The Kier molecular flexibility index (Phi) is 7.37. The van der Waals surface area contributed by atoms with Crippen molar-refractivity contribution in [3.8, 4) is 0 Å². The van der Waals surface area contributed by atoms with Gasteiger partial charge in [0, 0.05) is 30.4 Å². The SMILES string of the molecule is CCN(CC)C(=O)c1ccc(NC(=O)COC(=O)/C=C/c2ccco2)cc1. The van der Waals surface area contributed by atoms with E-state index in [9.17, 15) is 14.4 Å². The Morgan fingerprint density at radius 3 is 2.41 bits per heavy atom. The lowest BCUT2D eigenvalue weighted by molar-refractivity contribution is -0.142. The molecule has 0 radical (unpaired) electrons. The number of ether oxygens (including phenoxy) is 1. The van der Waals surface area contributed by atoms with Gasteiger partial charge in [0.25, 0.3) is 11.8 Å². The number of nitrogens with zero attached hydrogens (tertiary/aromatic N) is 1. The number of carbonyl (C=O) groups is 3. The molecular formula is C20H22N2O5. The summed E-state index contributed by atoms with van der Waals surface area (Å²) in [6, 6.07) is 9.94. The van der Waals surface area contributed by atoms with E-state index in [0.29, 0.717) is 30.1 Å². The van der Waals surface area contributed by atoms with E-state index in [1.165, 1.54) is 18.4 Å². The average molecular weight is 370 g/mol. The van der Waals surface area contributed by atoms with Crippen molar-refractivity contribution in [2.24, 2.45) is 0 Å². The molecule has 2 rings (SSSR count). The van der Waals surface area contributed by atoms with Crippen LogP contribution in [0.1, 0.15) is 30.0 Å². The lowest BCUT2D eigenvalue weighted by atomic mass is 10.2. The van der Waals surface area contributed by atoms with Gasteiger partial charge in [0.05, 0.1) is 6.26 Å². The van der Waals surface area contributed by atoms with Gasteiger partial charge < -0.3 is 19.4 Å². The molecule has 0 atom stereocenters. The van der Waals surface area contributed by atoms with Crippen molar-refractivity contribution >= 4 is 29.5 Å². The molecule has 1 aromatic heterocycles. The fourth-order valence-corrected chi connectivity index (χ4v) is 2.31. The predicted octanol–water partition coefficient (Wildman–Crippen LogP) is 2.96. The molecule has 7 heteroatoms. The van der Waals surface area contributed by atoms with E-state index in [-0.39, 0.29) is 5.91 Å². The molecule has 7 nitrogen and oxygen atoms in total. The number of anilines is 1. The Labute approximate surface area is 157 Å². The van der Waals surface area contributed by atoms with Crippen LogP contribution in [0.25, 0.3) is 6.08 Å². The number of carbonyl (C=O) groups excluding carboxylic acids is 3. The summed E-state index contributed by atoms with van der Waals surface area (Å²) in [6.45, 7) is 4.69. The highest BCUT2D eigenvalue weighted by Gasteiger charge is 2.12. The maximum atomic E-state index is 12.2. The van der Waals surface area contributed by atoms with Gasteiger partial charge in [-0.2, -0.15) is 0 Å². The minimum Gasteiger partial charge on any atom is -0.465 e. The van der Waals surface area contributed by atoms with Gasteiger partial charge in [-0.25, -0.2) is 4.79 Å². The molecule has 1 heterocycles. The monoisotopic (exact) mass is 370 g/mol. The zero-order valence-electron chi connectivity index (χ0n) is 15.3. The van der Waals surface area contributed by atoms with Gasteiger partial charge >= 0.3 is 5.97 Å². The van der Waals surface area contributed by atoms with Crippen LogP contribution < -0.4 is 5.32 Å². The molecule has 0 unspecified atom stereocenters. The normalized spacial score (nSPS) is 10.6. The first-order valence-electron chi connectivity index (χ1n) is 8.61. The summed E-state index contributed by atoms with van der Waals surface area (Å²) < 4.78 is 9.90. The van der Waals surface area contributed by atoms with Crippen LogP contribution in [-0.2, 0) is 14.3 Å². The maximum Gasteiger partial charge on any atom is 0.331 e. The second kappa shape index (κ2) is 9.96. The average Bonchev–Trinajstić information content (AvgIpc) is 3.20. The van der Waals surface area contributed by atoms with Crippen molar-refractivity contribution in [3.05, 3.63) is 60.1 Å². The first-order chi connectivity index (χ1) is 13.0. The standard InChI is InChI=1S/C20H22N2O5/c1-3-22(4-2)20(25)15-7-9-16(10-8-15)21-18(23)14-27-19(24)12-11-17-6-5-13-26-17/h5-13H,3-4,14H2,1-2H3,(H,21,23)/b12-11+. The molecule has 0 spiro atoms. The van der Waals surface area contributed by atoms with Crippen molar-refractivity contribution in [2.75, 3.05) is 25.0 Å². The number of rotatable bonds is 8. The Hall–Kier alpha value is -3.35. The van der Waals surface area contributed by atoms with Crippen molar-refractivity contribution in [3.63, 3.8) is 0 Å². The number of amides is 2. The molecule has 0 aliphatic rings. The lowest BCUT2D eigenvalue weighted by Crippen LogP contribution is -2.30. The van der Waals surface area contributed by atoms with E-state index in [2.05, 4.69) is 5.32 Å². The third-order valence-corrected chi connectivity index (χ3v) is 3.74. The number of furan rings is 1. The molecule has 142 valence electrons. The molecule has 0 bridgehead atoms. The first-order valence-corrected chi connectivity index (χ1v) is 8.61. The van der Waals surface area contributed by atoms with Gasteiger partial charge in [-0.1, -0.05) is 0 Å². The van der Waals surface area contributed by atoms with E-state index < -0.39 is 18.5 Å². The van der Waals surface area contributed by atoms with Gasteiger partial charge in [-0.3, -0.25) is 9.59 Å². The minimum atomic E-state index is -0.651. The zero-order chi connectivity index (χ0) is 19.6. The topological polar surface area (TPSA) is 88.9 Å². The van der Waals surface area contributed by atoms with E-state index in [1.807, 2.05) is 13.8 Å². The number of hydrogen-bond acceptors (Lipinski definition) is 5. The van der Waals surface area contributed by atoms with Crippen molar-refractivity contribution in [1.29, 1.82) is 0 Å². The minimum absolute atomic E-state index is 0.0600. The molecule has 0 saturated carbocycles. The van der Waals surface area contributed by atoms with Crippen LogP contribution in [0, 0.1) is 0 Å². The summed E-state index contributed by atoms with van der Waals surface area (Å²) in [5.74, 6) is -0.676. The van der Waals surface area contributed by atoms with Crippen LogP contribution >= 0.6 is 0 Å². The first kappa shape index (κ1) is 20.0. The number of nitrogens with one attached hydrogen (secondary N) is 1. The molecule has 1 N–H and O–H groups in total. The zero-order valence-corrected chi connectivity index (χ0v) is 15.3. The van der Waals surface area contributed by atoms with Gasteiger partial charge in [-0.15, -0.1) is 0 Å². The van der Waals surface area contributed by atoms with E-state index in [0.717, 1.165) is 0 Å². The molecule has 0 aliphatic heterocycles. The van der Waals surface area contributed by atoms with Crippen molar-refractivity contribution < 1.29 is 23.5 Å².